The highest BCUT2D eigenvalue weighted by molar-refractivity contribution is 6.19. The number of nitrogens with zero attached hydrogens (tertiary/aromatic N) is 1. The molecule has 0 saturated carbocycles. The van der Waals surface area contributed by atoms with E-state index < -0.39 is 0 Å². The zero-order valence-electron chi connectivity index (χ0n) is 5.02. The van der Waals surface area contributed by atoms with Crippen molar-refractivity contribution < 1.29 is 0 Å². The topological polar surface area (TPSA) is 23.8 Å². The molecule has 0 aromatic heterocycles. The van der Waals surface area contributed by atoms with E-state index in [2.05, 4.69) is 11.8 Å². The largest absolute Gasteiger partial charge is 0.198 e. The highest BCUT2D eigenvalue weighted by Crippen LogP contribution is 1.88. The maximum Gasteiger partial charge on any atom is 0.0835 e. The van der Waals surface area contributed by atoms with Gasteiger partial charge in [0.1, 0.15) is 0 Å². The molecule has 0 aliphatic heterocycles. The van der Waals surface area contributed by atoms with Crippen molar-refractivity contribution in [1.82, 2.24) is 0 Å². The highest BCUT2D eigenvalue weighted by Gasteiger charge is 1.79. The SMILES string of the molecule is N#CCC[CH]C#CCCl. The molecule has 0 aliphatic rings. The Balaban J connectivity index is 3.01. The third-order valence-corrected chi connectivity index (χ3v) is 0.805. The summed E-state index contributed by atoms with van der Waals surface area (Å²) in [5.74, 6) is 5.73. The summed E-state index contributed by atoms with van der Waals surface area (Å²) in [6.45, 7) is 0. The van der Waals surface area contributed by atoms with Crippen LogP contribution in [0, 0.1) is 29.6 Å². The van der Waals surface area contributed by atoms with Crippen LogP contribution in [0.3, 0.4) is 0 Å². The van der Waals surface area contributed by atoms with Gasteiger partial charge >= 0.3 is 0 Å². The first-order chi connectivity index (χ1) is 4.41. The van der Waals surface area contributed by atoms with Crippen molar-refractivity contribution in [2.45, 2.75) is 12.8 Å². The molecule has 47 valence electrons. The Hall–Kier alpha value is -0.660. The second-order valence-corrected chi connectivity index (χ2v) is 1.62. The number of hydrogen-bond donors (Lipinski definition) is 0. The average Bonchev–Trinajstić information content (AvgIpc) is 1.89. The minimum Gasteiger partial charge on any atom is -0.198 e. The lowest BCUT2D eigenvalue weighted by Crippen LogP contribution is -1.70. The fourth-order valence-electron chi connectivity index (χ4n) is 0.320. The molecule has 0 amide bonds. The van der Waals surface area contributed by atoms with Gasteiger partial charge in [-0.3, -0.25) is 0 Å². The second kappa shape index (κ2) is 7.34. The van der Waals surface area contributed by atoms with Gasteiger partial charge in [0, 0.05) is 12.8 Å². The quantitative estimate of drug-likeness (QED) is 0.326. The zero-order valence-corrected chi connectivity index (χ0v) is 5.78. The summed E-state index contributed by atoms with van der Waals surface area (Å²) in [6.07, 6.45) is 3.03. The summed E-state index contributed by atoms with van der Waals surface area (Å²) in [7, 11) is 0. The Labute approximate surface area is 60.6 Å². The Kier molecular flexibility index (Phi) is 6.80. The van der Waals surface area contributed by atoms with Gasteiger partial charge in [-0.15, -0.1) is 11.6 Å². The Morgan fingerprint density at radius 3 is 2.89 bits per heavy atom. The van der Waals surface area contributed by atoms with Gasteiger partial charge < -0.3 is 0 Å². The van der Waals surface area contributed by atoms with Gasteiger partial charge in [0.05, 0.1) is 11.9 Å². The van der Waals surface area contributed by atoms with Gasteiger partial charge in [0.2, 0.25) is 0 Å². The summed E-state index contributed by atoms with van der Waals surface area (Å²) >= 11 is 5.26. The summed E-state index contributed by atoms with van der Waals surface area (Å²) in [4.78, 5) is 0. The predicted molar refractivity (Wildman–Crippen MR) is 37.6 cm³/mol. The normalized spacial score (nSPS) is 7.11. The van der Waals surface area contributed by atoms with Crippen molar-refractivity contribution >= 4 is 11.6 Å². The number of hydrogen-bond acceptors (Lipinski definition) is 1. The van der Waals surface area contributed by atoms with Crippen molar-refractivity contribution in [2.24, 2.45) is 0 Å². The van der Waals surface area contributed by atoms with Crippen LogP contribution in [0.4, 0.5) is 0 Å². The van der Waals surface area contributed by atoms with E-state index in [-0.39, 0.29) is 0 Å². The van der Waals surface area contributed by atoms with Crippen LogP contribution in [0.1, 0.15) is 12.8 Å². The molecule has 0 saturated heterocycles. The van der Waals surface area contributed by atoms with Crippen LogP contribution >= 0.6 is 11.6 Å². The van der Waals surface area contributed by atoms with Crippen LogP contribution in [0.25, 0.3) is 0 Å². The van der Waals surface area contributed by atoms with Gasteiger partial charge in [0.15, 0.2) is 0 Å². The van der Waals surface area contributed by atoms with Gasteiger partial charge in [-0.25, -0.2) is 0 Å². The highest BCUT2D eigenvalue weighted by atomic mass is 35.5. The van der Waals surface area contributed by atoms with Crippen molar-refractivity contribution in [3.05, 3.63) is 6.42 Å². The smallest absolute Gasteiger partial charge is 0.0835 e. The molecule has 1 radical (unpaired) electrons. The first kappa shape index (κ1) is 8.34. The first-order valence-corrected chi connectivity index (χ1v) is 3.18. The predicted octanol–water partition coefficient (Wildman–Crippen LogP) is 1.74. The van der Waals surface area contributed by atoms with E-state index in [1.165, 1.54) is 0 Å². The van der Waals surface area contributed by atoms with E-state index in [9.17, 15) is 0 Å². The second-order valence-electron chi connectivity index (χ2n) is 1.36. The van der Waals surface area contributed by atoms with Gasteiger partial charge in [-0.1, -0.05) is 11.8 Å². The molecule has 0 spiro atoms. The molecule has 0 aromatic rings. The molecule has 0 atom stereocenters. The van der Waals surface area contributed by atoms with Crippen molar-refractivity contribution in [2.75, 3.05) is 5.88 Å². The van der Waals surface area contributed by atoms with E-state index >= 15 is 0 Å². The lowest BCUT2D eigenvalue weighted by atomic mass is 10.2. The summed E-state index contributed by atoms with van der Waals surface area (Å²) in [5.41, 5.74) is 0. The van der Waals surface area contributed by atoms with E-state index in [4.69, 9.17) is 16.9 Å². The average molecular weight is 141 g/mol. The van der Waals surface area contributed by atoms with Crippen LogP contribution in [0.15, 0.2) is 0 Å². The van der Waals surface area contributed by atoms with Crippen LogP contribution in [-0.4, -0.2) is 5.88 Å². The minimum absolute atomic E-state index is 0.364. The van der Waals surface area contributed by atoms with E-state index in [1.807, 2.05) is 6.07 Å². The number of halogens is 1. The first-order valence-electron chi connectivity index (χ1n) is 2.64. The monoisotopic (exact) mass is 140 g/mol. The lowest BCUT2D eigenvalue weighted by molar-refractivity contribution is 1.02. The van der Waals surface area contributed by atoms with Crippen LogP contribution in [0.2, 0.25) is 0 Å². The third-order valence-electron chi connectivity index (χ3n) is 0.671. The lowest BCUT2D eigenvalue weighted by Gasteiger charge is -1.79. The van der Waals surface area contributed by atoms with E-state index in [0.29, 0.717) is 12.3 Å². The molecule has 2 heteroatoms. The molecule has 0 aromatic carbocycles. The molecular weight excluding hydrogens is 134 g/mol. The molecule has 9 heavy (non-hydrogen) atoms. The van der Waals surface area contributed by atoms with Crippen LogP contribution in [-0.2, 0) is 0 Å². The van der Waals surface area contributed by atoms with Crippen molar-refractivity contribution in [3.8, 4) is 17.9 Å². The molecular formula is C7H7ClN. The number of rotatable bonds is 2. The molecule has 1 nitrogen and oxygen atoms in total. The molecule has 0 N–H and O–H groups in total. The molecule has 0 rings (SSSR count). The van der Waals surface area contributed by atoms with Crippen molar-refractivity contribution in [1.29, 1.82) is 5.26 Å². The zero-order chi connectivity index (χ0) is 6.95. The number of nitriles is 1. The third kappa shape index (κ3) is 7.34. The van der Waals surface area contributed by atoms with E-state index in [1.54, 1.807) is 6.42 Å². The van der Waals surface area contributed by atoms with Crippen molar-refractivity contribution in [3.63, 3.8) is 0 Å². The number of unbranched alkanes of at least 4 members (excludes halogenated alkanes) is 2. The molecule has 0 aliphatic carbocycles. The fraction of sp³-hybridized carbons (Fsp3) is 0.429. The van der Waals surface area contributed by atoms with Gasteiger partial charge in [-0.2, -0.15) is 5.26 Å². The van der Waals surface area contributed by atoms with Crippen LogP contribution in [0.5, 0.6) is 0 Å². The van der Waals surface area contributed by atoms with Gasteiger partial charge in [0.25, 0.3) is 0 Å². The maximum atomic E-state index is 8.08. The maximum absolute atomic E-state index is 8.08. The number of alkyl halides is 1. The fourth-order valence-corrected chi connectivity index (χ4v) is 0.397. The van der Waals surface area contributed by atoms with Gasteiger partial charge in [-0.05, 0) is 6.42 Å². The minimum atomic E-state index is 0.364. The molecule has 0 bridgehead atoms. The summed E-state index contributed by atoms with van der Waals surface area (Å²) in [5, 5.41) is 8.08. The van der Waals surface area contributed by atoms with E-state index in [0.717, 1.165) is 6.42 Å². The Morgan fingerprint density at radius 2 is 2.33 bits per heavy atom. The molecule has 0 fully saturated rings. The molecule has 0 unspecified atom stereocenters. The summed E-state index contributed by atoms with van der Waals surface area (Å²) < 4.78 is 0. The Bertz CT molecular complexity index is 147. The standard InChI is InChI=1S/C7H7ClN/c8-6-4-2-1-3-5-7-9/h1H,3,5-6H2. The Morgan fingerprint density at radius 1 is 1.56 bits per heavy atom. The molecule has 0 heterocycles. The van der Waals surface area contributed by atoms with Crippen LogP contribution < -0.4 is 0 Å². The summed E-state index contributed by atoms with van der Waals surface area (Å²) in [6, 6.07) is 2.01.